The van der Waals surface area contributed by atoms with E-state index in [1.54, 1.807) is 13.8 Å². The molecule has 0 unspecified atom stereocenters. The van der Waals surface area contributed by atoms with E-state index in [9.17, 15) is 4.79 Å². The van der Waals surface area contributed by atoms with Crippen LogP contribution in [0.3, 0.4) is 0 Å². The monoisotopic (exact) mass is 270 g/mol. The van der Waals surface area contributed by atoms with Gasteiger partial charge in [-0.2, -0.15) is 0 Å². The molecule has 0 aliphatic carbocycles. The van der Waals surface area contributed by atoms with E-state index in [4.69, 9.17) is 5.73 Å². The van der Waals surface area contributed by atoms with Gasteiger partial charge in [-0.15, -0.1) is 0 Å². The number of benzene rings is 1. The van der Waals surface area contributed by atoms with E-state index in [1.165, 1.54) is 0 Å². The SMILES string of the molecule is CC(C)(N)C(=O)NCc1cccc(Br)c1. The smallest absolute Gasteiger partial charge is 0.239 e. The lowest BCUT2D eigenvalue weighted by Crippen LogP contribution is -2.48. The predicted molar refractivity (Wildman–Crippen MR) is 64.3 cm³/mol. The largest absolute Gasteiger partial charge is 0.350 e. The molecule has 0 aliphatic rings. The quantitative estimate of drug-likeness (QED) is 0.880. The molecule has 0 spiro atoms. The first kappa shape index (κ1) is 12.2. The number of hydrogen-bond donors (Lipinski definition) is 2. The number of rotatable bonds is 3. The van der Waals surface area contributed by atoms with Gasteiger partial charge in [0.1, 0.15) is 0 Å². The van der Waals surface area contributed by atoms with Gasteiger partial charge in [0.05, 0.1) is 5.54 Å². The van der Waals surface area contributed by atoms with E-state index < -0.39 is 5.54 Å². The molecule has 0 atom stereocenters. The molecule has 0 saturated carbocycles. The third-order valence-corrected chi connectivity index (χ3v) is 2.42. The normalized spacial score (nSPS) is 11.2. The van der Waals surface area contributed by atoms with Gasteiger partial charge in [0.15, 0.2) is 0 Å². The van der Waals surface area contributed by atoms with Crippen LogP contribution in [-0.2, 0) is 11.3 Å². The predicted octanol–water partition coefficient (Wildman–Crippen LogP) is 1.80. The van der Waals surface area contributed by atoms with Gasteiger partial charge < -0.3 is 11.1 Å². The number of nitrogens with one attached hydrogen (secondary N) is 1. The van der Waals surface area contributed by atoms with Gasteiger partial charge in [0, 0.05) is 11.0 Å². The Balaban J connectivity index is 2.55. The summed E-state index contributed by atoms with van der Waals surface area (Å²) in [7, 11) is 0. The van der Waals surface area contributed by atoms with Gasteiger partial charge in [-0.25, -0.2) is 0 Å². The Labute approximate surface area is 98.2 Å². The maximum absolute atomic E-state index is 11.5. The molecule has 0 aliphatic heterocycles. The van der Waals surface area contributed by atoms with Crippen molar-refractivity contribution in [3.05, 3.63) is 34.3 Å². The zero-order valence-corrected chi connectivity index (χ0v) is 10.5. The number of hydrogen-bond acceptors (Lipinski definition) is 2. The van der Waals surface area contributed by atoms with E-state index in [-0.39, 0.29) is 5.91 Å². The first-order chi connectivity index (χ1) is 6.89. The number of carbonyl (C=O) groups is 1. The van der Waals surface area contributed by atoms with Gasteiger partial charge in [-0.3, -0.25) is 4.79 Å². The number of amides is 1. The topological polar surface area (TPSA) is 55.1 Å². The van der Waals surface area contributed by atoms with Crippen molar-refractivity contribution >= 4 is 21.8 Å². The maximum atomic E-state index is 11.5. The third kappa shape index (κ3) is 4.01. The molecule has 0 radical (unpaired) electrons. The highest BCUT2D eigenvalue weighted by Gasteiger charge is 2.20. The van der Waals surface area contributed by atoms with Crippen LogP contribution in [0.4, 0.5) is 0 Å². The van der Waals surface area contributed by atoms with Gasteiger partial charge in [-0.1, -0.05) is 28.1 Å². The minimum absolute atomic E-state index is 0.150. The average Bonchev–Trinajstić information content (AvgIpc) is 2.12. The Morgan fingerprint density at radius 1 is 1.53 bits per heavy atom. The first-order valence-electron chi connectivity index (χ1n) is 4.71. The van der Waals surface area contributed by atoms with Crippen LogP contribution in [0.25, 0.3) is 0 Å². The van der Waals surface area contributed by atoms with Crippen molar-refractivity contribution in [1.29, 1.82) is 0 Å². The van der Waals surface area contributed by atoms with Crippen LogP contribution in [-0.4, -0.2) is 11.4 Å². The minimum atomic E-state index is -0.827. The molecule has 0 heterocycles. The fraction of sp³-hybridized carbons (Fsp3) is 0.364. The molecular formula is C11H15BrN2O. The van der Waals surface area contributed by atoms with Crippen LogP contribution in [0.2, 0.25) is 0 Å². The molecule has 0 aromatic heterocycles. The molecule has 1 rings (SSSR count). The van der Waals surface area contributed by atoms with E-state index in [0.29, 0.717) is 6.54 Å². The molecule has 1 amide bonds. The summed E-state index contributed by atoms with van der Waals surface area (Å²) in [5.41, 5.74) is 5.87. The molecule has 15 heavy (non-hydrogen) atoms. The highest BCUT2D eigenvalue weighted by molar-refractivity contribution is 9.10. The highest BCUT2D eigenvalue weighted by Crippen LogP contribution is 2.11. The lowest BCUT2D eigenvalue weighted by Gasteiger charge is -2.17. The Bertz CT molecular complexity index is 358. The molecule has 4 heteroatoms. The van der Waals surface area contributed by atoms with Crippen molar-refractivity contribution in [2.75, 3.05) is 0 Å². The van der Waals surface area contributed by atoms with Crippen molar-refractivity contribution in [2.24, 2.45) is 5.73 Å². The zero-order chi connectivity index (χ0) is 11.5. The molecule has 3 N–H and O–H groups in total. The Kier molecular flexibility index (Phi) is 3.88. The second kappa shape index (κ2) is 4.77. The number of carbonyl (C=O) groups excluding carboxylic acids is 1. The van der Waals surface area contributed by atoms with E-state index in [2.05, 4.69) is 21.2 Å². The highest BCUT2D eigenvalue weighted by atomic mass is 79.9. The van der Waals surface area contributed by atoms with Crippen LogP contribution in [0.1, 0.15) is 19.4 Å². The van der Waals surface area contributed by atoms with Gasteiger partial charge in [-0.05, 0) is 31.5 Å². The summed E-state index contributed by atoms with van der Waals surface area (Å²) in [6.45, 7) is 3.87. The van der Waals surface area contributed by atoms with E-state index in [1.807, 2.05) is 24.3 Å². The Hall–Kier alpha value is -0.870. The molecule has 0 bridgehead atoms. The summed E-state index contributed by atoms with van der Waals surface area (Å²) in [5, 5.41) is 2.78. The average molecular weight is 271 g/mol. The lowest BCUT2D eigenvalue weighted by molar-refractivity contribution is -0.125. The summed E-state index contributed by atoms with van der Waals surface area (Å²) >= 11 is 3.37. The van der Waals surface area contributed by atoms with Crippen LogP contribution in [0.5, 0.6) is 0 Å². The molecular weight excluding hydrogens is 256 g/mol. The Morgan fingerprint density at radius 2 is 2.20 bits per heavy atom. The van der Waals surface area contributed by atoms with Crippen molar-refractivity contribution in [1.82, 2.24) is 5.32 Å². The van der Waals surface area contributed by atoms with Crippen molar-refractivity contribution in [3.63, 3.8) is 0 Å². The molecule has 1 aromatic rings. The third-order valence-electron chi connectivity index (χ3n) is 1.93. The first-order valence-corrected chi connectivity index (χ1v) is 5.50. The lowest BCUT2D eigenvalue weighted by atomic mass is 10.1. The number of halogens is 1. The van der Waals surface area contributed by atoms with Gasteiger partial charge in [0.25, 0.3) is 0 Å². The van der Waals surface area contributed by atoms with Crippen molar-refractivity contribution < 1.29 is 4.79 Å². The minimum Gasteiger partial charge on any atom is -0.350 e. The molecule has 0 fully saturated rings. The molecule has 82 valence electrons. The van der Waals surface area contributed by atoms with Crippen molar-refractivity contribution in [3.8, 4) is 0 Å². The van der Waals surface area contributed by atoms with E-state index in [0.717, 1.165) is 10.0 Å². The number of nitrogens with two attached hydrogens (primary N) is 1. The molecule has 0 saturated heterocycles. The van der Waals surface area contributed by atoms with Crippen LogP contribution in [0.15, 0.2) is 28.7 Å². The second-order valence-electron chi connectivity index (χ2n) is 4.03. The summed E-state index contributed by atoms with van der Waals surface area (Å²) in [6, 6.07) is 7.79. The molecule has 1 aromatic carbocycles. The summed E-state index contributed by atoms with van der Waals surface area (Å²) in [6.07, 6.45) is 0. The second-order valence-corrected chi connectivity index (χ2v) is 4.95. The van der Waals surface area contributed by atoms with Crippen LogP contribution < -0.4 is 11.1 Å². The standard InChI is InChI=1S/C11H15BrN2O/c1-11(2,13)10(15)14-7-8-4-3-5-9(12)6-8/h3-6H,7,13H2,1-2H3,(H,14,15). The summed E-state index contributed by atoms with van der Waals surface area (Å²) in [5.74, 6) is -0.150. The van der Waals surface area contributed by atoms with Crippen LogP contribution in [0, 0.1) is 0 Å². The van der Waals surface area contributed by atoms with Gasteiger partial charge >= 0.3 is 0 Å². The van der Waals surface area contributed by atoms with Crippen LogP contribution >= 0.6 is 15.9 Å². The summed E-state index contributed by atoms with van der Waals surface area (Å²) < 4.78 is 1.00. The van der Waals surface area contributed by atoms with Crippen molar-refractivity contribution in [2.45, 2.75) is 25.9 Å². The fourth-order valence-corrected chi connectivity index (χ4v) is 1.50. The summed E-state index contributed by atoms with van der Waals surface area (Å²) in [4.78, 5) is 11.5. The Morgan fingerprint density at radius 3 is 2.73 bits per heavy atom. The molecule has 3 nitrogen and oxygen atoms in total. The zero-order valence-electron chi connectivity index (χ0n) is 8.88. The van der Waals surface area contributed by atoms with E-state index >= 15 is 0 Å². The van der Waals surface area contributed by atoms with Gasteiger partial charge in [0.2, 0.25) is 5.91 Å². The maximum Gasteiger partial charge on any atom is 0.239 e. The fourth-order valence-electron chi connectivity index (χ4n) is 1.06.